The minimum absolute atomic E-state index is 0.194. The predicted octanol–water partition coefficient (Wildman–Crippen LogP) is 2.54. The summed E-state index contributed by atoms with van der Waals surface area (Å²) in [6.07, 6.45) is 3.33. The van der Waals surface area contributed by atoms with Gasteiger partial charge in [-0.05, 0) is 25.1 Å². The normalized spacial score (nSPS) is 10.7. The van der Waals surface area contributed by atoms with Gasteiger partial charge in [0, 0.05) is 24.7 Å². The van der Waals surface area contributed by atoms with Gasteiger partial charge < -0.3 is 10.1 Å². The molecule has 6 nitrogen and oxygen atoms in total. The zero-order valence-electron chi connectivity index (χ0n) is 12.6. The first-order chi connectivity index (χ1) is 10.6. The van der Waals surface area contributed by atoms with Crippen LogP contribution in [0.15, 0.2) is 36.7 Å². The molecule has 3 aromatic rings. The Labute approximate surface area is 127 Å². The number of anilines is 1. The van der Waals surface area contributed by atoms with Crippen molar-refractivity contribution in [2.45, 2.75) is 6.92 Å². The van der Waals surface area contributed by atoms with E-state index in [4.69, 9.17) is 4.74 Å². The number of nitrogens with one attached hydrogen (secondary N) is 1. The van der Waals surface area contributed by atoms with Crippen LogP contribution in [0.3, 0.4) is 0 Å². The third-order valence-electron chi connectivity index (χ3n) is 3.41. The minimum Gasteiger partial charge on any atom is -0.497 e. The van der Waals surface area contributed by atoms with Crippen LogP contribution < -0.4 is 10.1 Å². The third kappa shape index (κ3) is 2.63. The Morgan fingerprint density at radius 3 is 2.82 bits per heavy atom. The first-order valence-electron chi connectivity index (χ1n) is 6.82. The summed E-state index contributed by atoms with van der Waals surface area (Å²) in [5, 5.41) is 7.95. The van der Waals surface area contributed by atoms with Gasteiger partial charge in [0.1, 0.15) is 5.75 Å². The Bertz CT molecular complexity index is 854. The van der Waals surface area contributed by atoms with E-state index in [9.17, 15) is 4.79 Å². The van der Waals surface area contributed by atoms with Crippen LogP contribution in [0.1, 0.15) is 16.1 Å². The highest BCUT2D eigenvalue weighted by atomic mass is 16.5. The number of nitrogens with zero attached hydrogens (tertiary/aromatic N) is 3. The molecule has 0 spiro atoms. The smallest absolute Gasteiger partial charge is 0.259 e. The fraction of sp³-hybridized carbons (Fsp3) is 0.188. The van der Waals surface area contributed by atoms with Crippen LogP contribution in [0.4, 0.5) is 5.69 Å². The van der Waals surface area contributed by atoms with Gasteiger partial charge in [0.15, 0.2) is 0 Å². The average Bonchev–Trinajstić information content (AvgIpc) is 2.85. The molecule has 0 aliphatic heterocycles. The largest absolute Gasteiger partial charge is 0.497 e. The highest BCUT2D eigenvalue weighted by Gasteiger charge is 2.13. The van der Waals surface area contributed by atoms with Crippen molar-refractivity contribution in [3.8, 4) is 5.75 Å². The number of amides is 1. The maximum atomic E-state index is 12.3. The maximum absolute atomic E-state index is 12.3. The topological polar surface area (TPSA) is 69.0 Å². The van der Waals surface area contributed by atoms with E-state index in [1.165, 1.54) is 0 Å². The summed E-state index contributed by atoms with van der Waals surface area (Å²) in [6.45, 7) is 1.81. The number of hydrogen-bond acceptors (Lipinski definition) is 4. The number of hydrogen-bond donors (Lipinski definition) is 1. The Hall–Kier alpha value is -2.89. The fourth-order valence-electron chi connectivity index (χ4n) is 2.32. The van der Waals surface area contributed by atoms with E-state index >= 15 is 0 Å². The van der Waals surface area contributed by atoms with E-state index < -0.39 is 0 Å². The third-order valence-corrected chi connectivity index (χ3v) is 3.41. The van der Waals surface area contributed by atoms with E-state index in [0.717, 1.165) is 16.7 Å². The quantitative estimate of drug-likeness (QED) is 0.806. The minimum atomic E-state index is -0.194. The lowest BCUT2D eigenvalue weighted by atomic mass is 10.2. The molecule has 22 heavy (non-hydrogen) atoms. The molecule has 6 heteroatoms. The van der Waals surface area contributed by atoms with Crippen molar-refractivity contribution in [1.82, 2.24) is 14.8 Å². The van der Waals surface area contributed by atoms with Gasteiger partial charge in [0.05, 0.1) is 35.8 Å². The SMILES string of the molecule is COc1ccc2cc(NC(=O)c3cn(C)nc3C)cnc2c1. The van der Waals surface area contributed by atoms with Crippen molar-refractivity contribution >= 4 is 22.5 Å². The van der Waals surface area contributed by atoms with Crippen LogP contribution in [0.5, 0.6) is 5.75 Å². The summed E-state index contributed by atoms with van der Waals surface area (Å²) < 4.78 is 6.79. The molecule has 1 aromatic carbocycles. The number of carbonyl (C=O) groups excluding carboxylic acids is 1. The number of rotatable bonds is 3. The van der Waals surface area contributed by atoms with E-state index in [2.05, 4.69) is 15.4 Å². The highest BCUT2D eigenvalue weighted by Crippen LogP contribution is 2.22. The van der Waals surface area contributed by atoms with Gasteiger partial charge in [0.25, 0.3) is 5.91 Å². The number of ether oxygens (including phenoxy) is 1. The number of pyridine rings is 1. The highest BCUT2D eigenvalue weighted by molar-refractivity contribution is 6.05. The molecule has 0 aliphatic carbocycles. The second-order valence-electron chi connectivity index (χ2n) is 5.04. The molecule has 0 unspecified atom stereocenters. The molecule has 0 bridgehead atoms. The predicted molar refractivity (Wildman–Crippen MR) is 84.2 cm³/mol. The molecule has 0 radical (unpaired) electrons. The summed E-state index contributed by atoms with van der Waals surface area (Å²) in [4.78, 5) is 16.6. The monoisotopic (exact) mass is 296 g/mol. The van der Waals surface area contributed by atoms with E-state index in [-0.39, 0.29) is 5.91 Å². The van der Waals surface area contributed by atoms with E-state index in [0.29, 0.717) is 16.9 Å². The molecule has 2 aromatic heterocycles. The maximum Gasteiger partial charge on any atom is 0.259 e. The molecule has 2 heterocycles. The summed E-state index contributed by atoms with van der Waals surface area (Å²) in [7, 11) is 3.40. The Kier molecular flexibility index (Phi) is 3.50. The Balaban J connectivity index is 1.87. The number of fused-ring (bicyclic) bond motifs is 1. The number of carbonyl (C=O) groups is 1. The van der Waals surface area contributed by atoms with Crippen LogP contribution in [0.2, 0.25) is 0 Å². The van der Waals surface area contributed by atoms with Gasteiger partial charge in [-0.1, -0.05) is 0 Å². The zero-order chi connectivity index (χ0) is 15.7. The van der Waals surface area contributed by atoms with Gasteiger partial charge >= 0.3 is 0 Å². The molecule has 1 amide bonds. The summed E-state index contributed by atoms with van der Waals surface area (Å²) in [5.41, 5.74) is 2.71. The second-order valence-corrected chi connectivity index (χ2v) is 5.04. The summed E-state index contributed by atoms with van der Waals surface area (Å²) in [5.74, 6) is 0.558. The second kappa shape index (κ2) is 5.48. The van der Waals surface area contributed by atoms with E-state index in [1.54, 1.807) is 38.2 Å². The van der Waals surface area contributed by atoms with Crippen molar-refractivity contribution in [2.75, 3.05) is 12.4 Å². The molecule has 0 fully saturated rings. The average molecular weight is 296 g/mol. The zero-order valence-corrected chi connectivity index (χ0v) is 12.6. The van der Waals surface area contributed by atoms with Gasteiger partial charge in [-0.15, -0.1) is 0 Å². The van der Waals surface area contributed by atoms with Crippen molar-refractivity contribution in [1.29, 1.82) is 0 Å². The first-order valence-corrected chi connectivity index (χ1v) is 6.82. The van der Waals surface area contributed by atoms with Crippen LogP contribution in [0, 0.1) is 6.92 Å². The molecule has 0 saturated heterocycles. The van der Waals surface area contributed by atoms with Gasteiger partial charge in [0.2, 0.25) is 0 Å². The molecular formula is C16H16N4O2. The molecule has 0 aliphatic rings. The van der Waals surface area contributed by atoms with Crippen LogP contribution >= 0.6 is 0 Å². The van der Waals surface area contributed by atoms with Crippen LogP contribution in [0.25, 0.3) is 10.9 Å². The van der Waals surface area contributed by atoms with Gasteiger partial charge in [-0.3, -0.25) is 14.5 Å². The standard InChI is InChI=1S/C16H16N4O2/c1-10-14(9-20(2)19-10)16(21)18-12-6-11-4-5-13(22-3)7-15(11)17-8-12/h4-9H,1-3H3,(H,18,21). The lowest BCUT2D eigenvalue weighted by molar-refractivity contribution is 0.102. The first kappa shape index (κ1) is 14.1. The molecule has 0 atom stereocenters. The van der Waals surface area contributed by atoms with Gasteiger partial charge in [-0.25, -0.2) is 0 Å². The Morgan fingerprint density at radius 1 is 1.32 bits per heavy atom. The van der Waals surface area contributed by atoms with Crippen molar-refractivity contribution < 1.29 is 9.53 Å². The molecule has 112 valence electrons. The fourth-order valence-corrected chi connectivity index (χ4v) is 2.32. The lowest BCUT2D eigenvalue weighted by Crippen LogP contribution is -2.12. The summed E-state index contributed by atoms with van der Waals surface area (Å²) >= 11 is 0. The van der Waals surface area contributed by atoms with Crippen LogP contribution in [-0.2, 0) is 7.05 Å². The number of benzene rings is 1. The number of aryl methyl sites for hydroxylation is 2. The molecule has 1 N–H and O–H groups in total. The van der Waals surface area contributed by atoms with Crippen LogP contribution in [-0.4, -0.2) is 27.8 Å². The van der Waals surface area contributed by atoms with Crippen molar-refractivity contribution in [3.05, 3.63) is 47.9 Å². The lowest BCUT2D eigenvalue weighted by Gasteiger charge is -2.06. The molecule has 3 rings (SSSR count). The van der Waals surface area contributed by atoms with Crippen molar-refractivity contribution in [3.63, 3.8) is 0 Å². The molecule has 0 saturated carbocycles. The Morgan fingerprint density at radius 2 is 2.14 bits per heavy atom. The number of aromatic nitrogens is 3. The van der Waals surface area contributed by atoms with Gasteiger partial charge in [-0.2, -0.15) is 5.10 Å². The molecular weight excluding hydrogens is 280 g/mol. The van der Waals surface area contributed by atoms with Crippen molar-refractivity contribution in [2.24, 2.45) is 7.05 Å². The number of methoxy groups -OCH3 is 1. The summed E-state index contributed by atoms with van der Waals surface area (Å²) in [6, 6.07) is 7.50. The van der Waals surface area contributed by atoms with E-state index in [1.807, 2.05) is 24.3 Å².